The highest BCUT2D eigenvalue weighted by Gasteiger charge is 2.17. The van der Waals surface area contributed by atoms with Crippen molar-refractivity contribution in [3.8, 4) is 11.5 Å². The minimum atomic E-state index is 0.131. The maximum atomic E-state index is 11.8. The molecule has 21 heavy (non-hydrogen) atoms. The fourth-order valence-corrected chi connectivity index (χ4v) is 2.82. The van der Waals surface area contributed by atoms with Crippen molar-refractivity contribution in [3.63, 3.8) is 0 Å². The topological polar surface area (TPSA) is 59.6 Å². The van der Waals surface area contributed by atoms with Gasteiger partial charge in [-0.05, 0) is 43.5 Å². The number of fused-ring (bicyclic) bond motifs is 1. The van der Waals surface area contributed by atoms with E-state index in [1.54, 1.807) is 0 Å². The molecule has 0 spiro atoms. The molecule has 1 saturated heterocycles. The molecule has 2 heterocycles. The van der Waals surface area contributed by atoms with Crippen molar-refractivity contribution in [3.05, 3.63) is 23.8 Å². The number of rotatable bonds is 5. The van der Waals surface area contributed by atoms with Crippen LogP contribution in [0.1, 0.15) is 24.8 Å². The lowest BCUT2D eigenvalue weighted by Crippen LogP contribution is -2.32. The second kappa shape index (κ2) is 6.80. The molecule has 1 aromatic carbocycles. The molecular formula is C16H22N2O3. The van der Waals surface area contributed by atoms with Gasteiger partial charge >= 0.3 is 0 Å². The summed E-state index contributed by atoms with van der Waals surface area (Å²) in [6, 6.07) is 6.32. The summed E-state index contributed by atoms with van der Waals surface area (Å²) in [5.74, 6) is 1.74. The smallest absolute Gasteiger partial charge is 0.221 e. The average molecular weight is 290 g/mol. The highest BCUT2D eigenvalue weighted by molar-refractivity contribution is 5.76. The van der Waals surface area contributed by atoms with Crippen LogP contribution < -0.4 is 20.1 Å². The first kappa shape index (κ1) is 14.2. The maximum Gasteiger partial charge on any atom is 0.221 e. The predicted octanol–water partition coefficient (Wildman–Crippen LogP) is 1.26. The van der Waals surface area contributed by atoms with Crippen molar-refractivity contribution >= 4 is 5.91 Å². The lowest BCUT2D eigenvalue weighted by atomic mass is 10.1. The van der Waals surface area contributed by atoms with Gasteiger partial charge in [0.25, 0.3) is 0 Å². The average Bonchev–Trinajstić information content (AvgIpc) is 3.00. The number of carbonyl (C=O) groups is 1. The molecule has 0 aliphatic carbocycles. The Hall–Kier alpha value is -1.75. The Morgan fingerprint density at radius 1 is 1.29 bits per heavy atom. The molecule has 1 atom stereocenters. The summed E-state index contributed by atoms with van der Waals surface area (Å²) in [6.45, 7) is 2.90. The molecular weight excluding hydrogens is 268 g/mol. The van der Waals surface area contributed by atoms with E-state index in [0.29, 0.717) is 32.2 Å². The number of benzene rings is 1. The van der Waals surface area contributed by atoms with Crippen molar-refractivity contribution < 1.29 is 14.3 Å². The third-order valence-electron chi connectivity index (χ3n) is 3.94. The SMILES string of the molecule is O=C(CC1CCCN1)NCCc1ccc2c(c1)OCCO2. The zero-order valence-corrected chi connectivity index (χ0v) is 12.2. The predicted molar refractivity (Wildman–Crippen MR) is 79.8 cm³/mol. The molecule has 0 aromatic heterocycles. The standard InChI is InChI=1S/C16H22N2O3/c19-16(11-13-2-1-6-17-13)18-7-5-12-3-4-14-15(10-12)21-9-8-20-14/h3-4,10,13,17H,1-2,5-9,11H2,(H,18,19). The van der Waals surface area contributed by atoms with Crippen LogP contribution in [0.25, 0.3) is 0 Å². The van der Waals surface area contributed by atoms with E-state index in [-0.39, 0.29) is 5.91 Å². The first-order valence-electron chi connectivity index (χ1n) is 7.70. The number of ether oxygens (including phenoxy) is 2. The molecule has 5 heteroatoms. The number of carbonyl (C=O) groups excluding carboxylic acids is 1. The van der Waals surface area contributed by atoms with Crippen molar-refractivity contribution in [2.45, 2.75) is 31.7 Å². The summed E-state index contributed by atoms with van der Waals surface area (Å²) < 4.78 is 11.1. The minimum Gasteiger partial charge on any atom is -0.486 e. The first-order chi connectivity index (χ1) is 10.3. The first-order valence-corrected chi connectivity index (χ1v) is 7.70. The Morgan fingerprint density at radius 2 is 2.14 bits per heavy atom. The number of hydrogen-bond donors (Lipinski definition) is 2. The molecule has 1 unspecified atom stereocenters. The maximum absolute atomic E-state index is 11.8. The zero-order chi connectivity index (χ0) is 14.5. The molecule has 2 aliphatic rings. The van der Waals surface area contributed by atoms with Crippen molar-refractivity contribution in [2.75, 3.05) is 26.3 Å². The fraction of sp³-hybridized carbons (Fsp3) is 0.562. The van der Waals surface area contributed by atoms with Crippen LogP contribution in [0.5, 0.6) is 11.5 Å². The van der Waals surface area contributed by atoms with E-state index < -0.39 is 0 Å². The van der Waals surface area contributed by atoms with Gasteiger partial charge in [0.1, 0.15) is 13.2 Å². The molecule has 5 nitrogen and oxygen atoms in total. The van der Waals surface area contributed by atoms with Gasteiger partial charge in [-0.1, -0.05) is 6.07 Å². The largest absolute Gasteiger partial charge is 0.486 e. The molecule has 2 N–H and O–H groups in total. The second-order valence-corrected chi connectivity index (χ2v) is 5.58. The third-order valence-corrected chi connectivity index (χ3v) is 3.94. The Labute approximate surface area is 125 Å². The fourth-order valence-electron chi connectivity index (χ4n) is 2.82. The van der Waals surface area contributed by atoms with Gasteiger partial charge in [-0.3, -0.25) is 4.79 Å². The molecule has 0 radical (unpaired) electrons. The quantitative estimate of drug-likeness (QED) is 0.857. The highest BCUT2D eigenvalue weighted by Crippen LogP contribution is 2.30. The van der Waals surface area contributed by atoms with Crippen LogP contribution in [-0.4, -0.2) is 38.3 Å². The lowest BCUT2D eigenvalue weighted by Gasteiger charge is -2.19. The Balaban J connectivity index is 1.43. The third kappa shape index (κ3) is 3.88. The molecule has 1 aromatic rings. The van der Waals surface area contributed by atoms with Gasteiger partial charge < -0.3 is 20.1 Å². The molecule has 1 amide bonds. The van der Waals surface area contributed by atoms with Crippen LogP contribution in [0, 0.1) is 0 Å². The van der Waals surface area contributed by atoms with Gasteiger partial charge in [-0.15, -0.1) is 0 Å². The van der Waals surface area contributed by atoms with Crippen LogP contribution in [-0.2, 0) is 11.2 Å². The molecule has 2 aliphatic heterocycles. The van der Waals surface area contributed by atoms with E-state index in [1.165, 1.54) is 6.42 Å². The summed E-state index contributed by atoms with van der Waals surface area (Å²) >= 11 is 0. The monoisotopic (exact) mass is 290 g/mol. The van der Waals surface area contributed by atoms with E-state index >= 15 is 0 Å². The van der Waals surface area contributed by atoms with Gasteiger partial charge in [-0.25, -0.2) is 0 Å². The molecule has 0 saturated carbocycles. The highest BCUT2D eigenvalue weighted by atomic mass is 16.6. The summed E-state index contributed by atoms with van der Waals surface area (Å²) in [5, 5.41) is 6.33. The Bertz CT molecular complexity index is 498. The van der Waals surface area contributed by atoms with Crippen LogP contribution in [0.15, 0.2) is 18.2 Å². The summed E-state index contributed by atoms with van der Waals surface area (Å²) in [7, 11) is 0. The summed E-state index contributed by atoms with van der Waals surface area (Å²) in [6.07, 6.45) is 3.67. The number of nitrogens with one attached hydrogen (secondary N) is 2. The normalized spacial score (nSPS) is 20.3. The zero-order valence-electron chi connectivity index (χ0n) is 12.2. The molecule has 0 bridgehead atoms. The second-order valence-electron chi connectivity index (χ2n) is 5.58. The van der Waals surface area contributed by atoms with E-state index in [4.69, 9.17) is 9.47 Å². The lowest BCUT2D eigenvalue weighted by molar-refractivity contribution is -0.121. The van der Waals surface area contributed by atoms with E-state index in [9.17, 15) is 4.79 Å². The van der Waals surface area contributed by atoms with Gasteiger partial charge in [0, 0.05) is 19.0 Å². The van der Waals surface area contributed by atoms with Crippen molar-refractivity contribution in [1.82, 2.24) is 10.6 Å². The van der Waals surface area contributed by atoms with Gasteiger partial charge in [0.2, 0.25) is 5.91 Å². The van der Waals surface area contributed by atoms with Crippen LogP contribution in [0.3, 0.4) is 0 Å². The van der Waals surface area contributed by atoms with Crippen LogP contribution >= 0.6 is 0 Å². The minimum absolute atomic E-state index is 0.131. The van der Waals surface area contributed by atoms with Crippen LogP contribution in [0.4, 0.5) is 0 Å². The van der Waals surface area contributed by atoms with Gasteiger partial charge in [0.05, 0.1) is 0 Å². The number of hydrogen-bond acceptors (Lipinski definition) is 4. The van der Waals surface area contributed by atoms with E-state index in [0.717, 1.165) is 36.4 Å². The Kier molecular flexibility index (Phi) is 4.60. The number of amides is 1. The van der Waals surface area contributed by atoms with Gasteiger partial charge in [0.15, 0.2) is 11.5 Å². The van der Waals surface area contributed by atoms with Crippen molar-refractivity contribution in [1.29, 1.82) is 0 Å². The molecule has 114 valence electrons. The molecule has 1 fully saturated rings. The van der Waals surface area contributed by atoms with Gasteiger partial charge in [-0.2, -0.15) is 0 Å². The van der Waals surface area contributed by atoms with Crippen LogP contribution in [0.2, 0.25) is 0 Å². The summed E-state index contributed by atoms with van der Waals surface area (Å²) in [5.41, 5.74) is 1.15. The Morgan fingerprint density at radius 3 is 2.95 bits per heavy atom. The summed E-state index contributed by atoms with van der Waals surface area (Å²) in [4.78, 5) is 11.8. The molecule has 3 rings (SSSR count). The van der Waals surface area contributed by atoms with E-state index in [1.807, 2.05) is 18.2 Å². The van der Waals surface area contributed by atoms with E-state index in [2.05, 4.69) is 10.6 Å². The van der Waals surface area contributed by atoms with Crippen molar-refractivity contribution in [2.24, 2.45) is 0 Å².